The summed E-state index contributed by atoms with van der Waals surface area (Å²) in [5.41, 5.74) is 1.09. The number of pyridine rings is 1. The molecule has 1 aromatic heterocycles. The molecule has 7 heteroatoms. The summed E-state index contributed by atoms with van der Waals surface area (Å²) in [5, 5.41) is 0. The minimum absolute atomic E-state index is 0.444. The molecule has 3 rings (SSSR count). The first-order valence-corrected chi connectivity index (χ1v) is 8.31. The molecule has 1 aromatic rings. The quantitative estimate of drug-likeness (QED) is 0.751. The predicted molar refractivity (Wildman–Crippen MR) is 86.0 cm³/mol. The van der Waals surface area contributed by atoms with Crippen LogP contribution in [0.25, 0.3) is 0 Å². The van der Waals surface area contributed by atoms with Crippen molar-refractivity contribution in [1.29, 1.82) is 0 Å². The van der Waals surface area contributed by atoms with Crippen LogP contribution in [0, 0.1) is 0 Å². The molecule has 0 saturated carbocycles. The number of hydrogen-bond acceptors (Lipinski definition) is 5. The molecule has 0 atom stereocenters. The number of aromatic nitrogens is 1. The average molecular weight is 333 g/mol. The van der Waals surface area contributed by atoms with Gasteiger partial charge in [0.2, 0.25) is 0 Å². The maximum atomic E-state index is 12.4. The van der Waals surface area contributed by atoms with Crippen LogP contribution in [0.1, 0.15) is 18.4 Å². The summed E-state index contributed by atoms with van der Waals surface area (Å²) in [7, 11) is 1.66. The summed E-state index contributed by atoms with van der Waals surface area (Å²) in [6, 6.07) is 3.82. The number of likely N-dealkylation sites (N-methyl/N-ethyl adjacent to an activating group) is 1. The first-order valence-electron chi connectivity index (χ1n) is 8.31. The molecule has 24 heavy (non-hydrogen) atoms. The Morgan fingerprint density at radius 2 is 1.83 bits per heavy atom. The van der Waals surface area contributed by atoms with Crippen LogP contribution in [0.3, 0.4) is 0 Å². The minimum atomic E-state index is -0.535. The van der Waals surface area contributed by atoms with Crippen LogP contribution in [-0.2, 0) is 25.5 Å². The van der Waals surface area contributed by atoms with Crippen LogP contribution in [-0.4, -0.2) is 72.3 Å². The van der Waals surface area contributed by atoms with Crippen molar-refractivity contribution in [1.82, 2.24) is 14.8 Å². The molecule has 2 fully saturated rings. The third kappa shape index (κ3) is 3.73. The molecular formula is C17H23N3O4. The van der Waals surface area contributed by atoms with E-state index in [4.69, 9.17) is 9.47 Å². The Hall–Kier alpha value is -1.99. The van der Waals surface area contributed by atoms with E-state index in [-0.39, 0.29) is 0 Å². The highest BCUT2D eigenvalue weighted by Gasteiger charge is 2.41. The molecule has 0 N–H and O–H groups in total. The second kappa shape index (κ2) is 7.27. The number of rotatable bonds is 3. The van der Waals surface area contributed by atoms with Crippen LogP contribution in [0.5, 0.6) is 0 Å². The molecule has 2 saturated heterocycles. The van der Waals surface area contributed by atoms with Gasteiger partial charge >= 0.3 is 11.8 Å². The van der Waals surface area contributed by atoms with Gasteiger partial charge in [0.15, 0.2) is 5.79 Å². The Labute approximate surface area is 141 Å². The predicted octanol–water partition coefficient (Wildman–Crippen LogP) is 0.448. The van der Waals surface area contributed by atoms with E-state index >= 15 is 0 Å². The lowest BCUT2D eigenvalue weighted by atomic mass is 10.0. The zero-order valence-electron chi connectivity index (χ0n) is 13.9. The molecule has 1 spiro atoms. The molecule has 2 amide bonds. The van der Waals surface area contributed by atoms with E-state index in [1.54, 1.807) is 24.3 Å². The van der Waals surface area contributed by atoms with Gasteiger partial charge in [-0.3, -0.25) is 14.6 Å². The summed E-state index contributed by atoms with van der Waals surface area (Å²) in [6.45, 7) is 2.68. The third-order valence-corrected chi connectivity index (χ3v) is 4.64. The highest BCUT2D eigenvalue weighted by atomic mass is 16.7. The number of carbonyl (C=O) groups excluding carboxylic acids is 2. The average Bonchev–Trinajstić information content (AvgIpc) is 3.08. The summed E-state index contributed by atoms with van der Waals surface area (Å²) < 4.78 is 11.3. The van der Waals surface area contributed by atoms with Gasteiger partial charge in [0.1, 0.15) is 0 Å². The molecule has 2 aliphatic heterocycles. The normalized spacial score (nSPS) is 19.5. The van der Waals surface area contributed by atoms with E-state index in [0.717, 1.165) is 5.56 Å². The van der Waals surface area contributed by atoms with Crippen molar-refractivity contribution in [2.24, 2.45) is 0 Å². The van der Waals surface area contributed by atoms with Crippen LogP contribution in [0.2, 0.25) is 0 Å². The molecule has 0 aromatic carbocycles. The molecule has 2 aliphatic rings. The topological polar surface area (TPSA) is 72.0 Å². The second-order valence-corrected chi connectivity index (χ2v) is 6.23. The molecular weight excluding hydrogens is 310 g/mol. The smallest absolute Gasteiger partial charge is 0.312 e. The van der Waals surface area contributed by atoms with Crippen molar-refractivity contribution in [3.63, 3.8) is 0 Å². The Kier molecular flexibility index (Phi) is 5.11. The van der Waals surface area contributed by atoms with E-state index in [1.165, 1.54) is 4.90 Å². The molecule has 3 heterocycles. The van der Waals surface area contributed by atoms with Gasteiger partial charge in [0, 0.05) is 51.9 Å². The van der Waals surface area contributed by atoms with Crippen LogP contribution < -0.4 is 0 Å². The Bertz CT molecular complexity index is 577. The van der Waals surface area contributed by atoms with Crippen LogP contribution >= 0.6 is 0 Å². The minimum Gasteiger partial charge on any atom is -0.347 e. The summed E-state index contributed by atoms with van der Waals surface area (Å²) in [5.74, 6) is -1.44. The Balaban J connectivity index is 1.48. The van der Waals surface area contributed by atoms with Crippen molar-refractivity contribution in [3.05, 3.63) is 30.1 Å². The molecule has 7 nitrogen and oxygen atoms in total. The van der Waals surface area contributed by atoms with Gasteiger partial charge in [-0.2, -0.15) is 0 Å². The summed E-state index contributed by atoms with van der Waals surface area (Å²) in [4.78, 5) is 31.8. The van der Waals surface area contributed by atoms with Crippen molar-refractivity contribution in [2.45, 2.75) is 25.0 Å². The van der Waals surface area contributed by atoms with Gasteiger partial charge in [-0.1, -0.05) is 0 Å². The van der Waals surface area contributed by atoms with E-state index < -0.39 is 17.6 Å². The summed E-state index contributed by atoms with van der Waals surface area (Å²) >= 11 is 0. The van der Waals surface area contributed by atoms with Gasteiger partial charge in [-0.05, 0) is 24.1 Å². The van der Waals surface area contributed by atoms with E-state index in [2.05, 4.69) is 4.98 Å². The van der Waals surface area contributed by atoms with Crippen molar-refractivity contribution in [3.8, 4) is 0 Å². The zero-order chi connectivity index (χ0) is 17.0. The molecule has 0 aliphatic carbocycles. The standard InChI is InChI=1S/C17H23N3O4/c1-19(9-4-14-2-7-18-8-3-14)15(21)16(22)20-10-5-17(6-11-20)23-12-13-24-17/h2-3,7-8H,4-6,9-13H2,1H3. The maximum absolute atomic E-state index is 12.4. The molecule has 0 radical (unpaired) electrons. The van der Waals surface area contributed by atoms with Crippen molar-refractivity contribution < 1.29 is 19.1 Å². The van der Waals surface area contributed by atoms with Crippen LogP contribution in [0.15, 0.2) is 24.5 Å². The fourth-order valence-corrected chi connectivity index (χ4v) is 3.08. The Morgan fingerprint density at radius 3 is 2.46 bits per heavy atom. The van der Waals surface area contributed by atoms with E-state index in [0.29, 0.717) is 52.1 Å². The fraction of sp³-hybridized carbons (Fsp3) is 0.588. The number of carbonyl (C=O) groups is 2. The molecule has 0 bridgehead atoms. The lowest BCUT2D eigenvalue weighted by Crippen LogP contribution is -2.51. The second-order valence-electron chi connectivity index (χ2n) is 6.23. The number of amides is 2. The zero-order valence-corrected chi connectivity index (χ0v) is 13.9. The first kappa shape index (κ1) is 16.9. The number of nitrogens with zero attached hydrogens (tertiary/aromatic N) is 3. The number of likely N-dealkylation sites (tertiary alicyclic amines) is 1. The highest BCUT2D eigenvalue weighted by molar-refractivity contribution is 6.34. The number of ether oxygens (including phenoxy) is 2. The van der Waals surface area contributed by atoms with Crippen molar-refractivity contribution >= 4 is 11.8 Å². The van der Waals surface area contributed by atoms with Gasteiger partial charge in [0.25, 0.3) is 0 Å². The van der Waals surface area contributed by atoms with Gasteiger partial charge < -0.3 is 19.3 Å². The molecule has 130 valence electrons. The lowest BCUT2D eigenvalue weighted by Gasteiger charge is -2.37. The highest BCUT2D eigenvalue weighted by Crippen LogP contribution is 2.31. The number of hydrogen-bond donors (Lipinski definition) is 0. The van der Waals surface area contributed by atoms with Crippen LogP contribution in [0.4, 0.5) is 0 Å². The first-order chi connectivity index (χ1) is 11.6. The monoisotopic (exact) mass is 333 g/mol. The van der Waals surface area contributed by atoms with Crippen molar-refractivity contribution in [2.75, 3.05) is 39.9 Å². The maximum Gasteiger partial charge on any atom is 0.312 e. The van der Waals surface area contributed by atoms with Gasteiger partial charge in [-0.25, -0.2) is 0 Å². The molecule has 0 unspecified atom stereocenters. The van der Waals surface area contributed by atoms with E-state index in [9.17, 15) is 9.59 Å². The Morgan fingerprint density at radius 1 is 1.21 bits per heavy atom. The largest absolute Gasteiger partial charge is 0.347 e. The third-order valence-electron chi connectivity index (χ3n) is 4.64. The summed E-state index contributed by atoms with van der Waals surface area (Å²) in [6.07, 6.45) is 5.38. The van der Waals surface area contributed by atoms with Gasteiger partial charge in [0.05, 0.1) is 13.2 Å². The lowest BCUT2D eigenvalue weighted by molar-refractivity contribution is -0.188. The number of piperidine rings is 1. The fourth-order valence-electron chi connectivity index (χ4n) is 3.08. The van der Waals surface area contributed by atoms with E-state index in [1.807, 2.05) is 12.1 Å². The van der Waals surface area contributed by atoms with Gasteiger partial charge in [-0.15, -0.1) is 0 Å². The SMILES string of the molecule is CN(CCc1ccncc1)C(=O)C(=O)N1CCC2(CC1)OCCO2.